The van der Waals surface area contributed by atoms with Crippen LogP contribution in [0.4, 0.5) is 10.9 Å². The fourth-order valence-electron chi connectivity index (χ4n) is 4.44. The average Bonchev–Trinajstić information content (AvgIpc) is 3.30. The van der Waals surface area contributed by atoms with E-state index in [4.69, 9.17) is 4.98 Å². The van der Waals surface area contributed by atoms with Gasteiger partial charge in [-0.15, -0.1) is 11.3 Å². The van der Waals surface area contributed by atoms with Crippen LogP contribution in [0, 0.1) is 0 Å². The van der Waals surface area contributed by atoms with E-state index in [1.165, 1.54) is 35.6 Å². The normalized spacial score (nSPS) is 28.3. The van der Waals surface area contributed by atoms with Crippen LogP contribution in [0.5, 0.6) is 0 Å². The Hall–Kier alpha value is -1.70. The van der Waals surface area contributed by atoms with E-state index in [1.54, 1.807) is 0 Å². The molecule has 5 heterocycles. The lowest BCUT2D eigenvalue weighted by atomic mass is 10.0. The highest BCUT2D eigenvalue weighted by Gasteiger charge is 2.33. The number of nitrogens with one attached hydrogen (secondary N) is 3. The van der Waals surface area contributed by atoms with Gasteiger partial charge < -0.3 is 20.9 Å². The van der Waals surface area contributed by atoms with E-state index < -0.39 is 0 Å². The Morgan fingerprint density at radius 2 is 1.88 bits per heavy atom. The molecule has 0 saturated carbocycles. The van der Waals surface area contributed by atoms with Gasteiger partial charge in [0.25, 0.3) is 0 Å². The molecule has 138 valence electrons. The first-order chi connectivity index (χ1) is 12.8. The zero-order chi connectivity index (χ0) is 17.3. The number of piperazine rings is 1. The van der Waals surface area contributed by atoms with E-state index in [0.717, 1.165) is 37.8 Å². The zero-order valence-electron chi connectivity index (χ0n) is 14.9. The Kier molecular flexibility index (Phi) is 4.52. The molecule has 6 nitrogen and oxygen atoms in total. The molecule has 1 unspecified atom stereocenters. The molecule has 0 amide bonds. The van der Waals surface area contributed by atoms with Crippen LogP contribution < -0.4 is 20.9 Å². The van der Waals surface area contributed by atoms with Gasteiger partial charge in [0.05, 0.1) is 15.6 Å². The predicted octanol–water partition coefficient (Wildman–Crippen LogP) is 2.31. The Morgan fingerprint density at radius 3 is 2.69 bits per heavy atom. The second kappa shape index (κ2) is 7.13. The molecule has 3 saturated heterocycles. The molecule has 3 aliphatic heterocycles. The van der Waals surface area contributed by atoms with E-state index in [-0.39, 0.29) is 0 Å². The number of thiophene rings is 1. The second-order valence-electron chi connectivity index (χ2n) is 7.59. The molecular formula is C19H26N6S. The monoisotopic (exact) mass is 370 g/mol. The third kappa shape index (κ3) is 3.43. The molecule has 0 radical (unpaired) electrons. The van der Waals surface area contributed by atoms with E-state index >= 15 is 0 Å². The summed E-state index contributed by atoms with van der Waals surface area (Å²) in [4.78, 5) is 12.9. The minimum Gasteiger partial charge on any atom is -0.361 e. The molecule has 0 aliphatic carbocycles. The molecule has 5 rings (SSSR count). The summed E-state index contributed by atoms with van der Waals surface area (Å²) in [5, 5.41) is 12.0. The van der Waals surface area contributed by atoms with Crippen LogP contribution in [0.25, 0.3) is 10.6 Å². The molecule has 0 spiro atoms. The molecule has 26 heavy (non-hydrogen) atoms. The Bertz CT molecular complexity index is 744. The summed E-state index contributed by atoms with van der Waals surface area (Å²) >= 11 is 1.83. The first-order valence-electron chi connectivity index (χ1n) is 9.75. The molecule has 7 heteroatoms. The van der Waals surface area contributed by atoms with Gasteiger partial charge >= 0.3 is 0 Å². The van der Waals surface area contributed by atoms with Crippen LogP contribution in [-0.2, 0) is 0 Å². The molecule has 2 aromatic heterocycles. The van der Waals surface area contributed by atoms with E-state index in [9.17, 15) is 0 Å². The van der Waals surface area contributed by atoms with Crippen LogP contribution in [-0.4, -0.2) is 54.3 Å². The summed E-state index contributed by atoms with van der Waals surface area (Å²) < 4.78 is 0. The highest BCUT2D eigenvalue weighted by Crippen LogP contribution is 2.33. The molecular weight excluding hydrogens is 344 g/mol. The van der Waals surface area contributed by atoms with Gasteiger partial charge in [-0.1, -0.05) is 0 Å². The topological polar surface area (TPSA) is 65.1 Å². The van der Waals surface area contributed by atoms with Crippen molar-refractivity contribution in [3.05, 3.63) is 24.4 Å². The fourth-order valence-corrected chi connectivity index (χ4v) is 5.47. The van der Waals surface area contributed by atoms with Gasteiger partial charge in [-0.2, -0.15) is 0 Å². The molecule has 3 fully saturated rings. The number of anilines is 2. The summed E-state index contributed by atoms with van der Waals surface area (Å²) in [5.74, 6) is 0.769. The number of rotatable bonds is 4. The number of piperidine rings is 1. The van der Waals surface area contributed by atoms with Gasteiger partial charge in [0.1, 0.15) is 0 Å². The minimum atomic E-state index is 0.490. The average molecular weight is 371 g/mol. The van der Waals surface area contributed by atoms with E-state index in [2.05, 4.69) is 38.0 Å². The molecule has 3 atom stereocenters. The molecule has 3 aliphatic rings. The number of hydrogen-bond donors (Lipinski definition) is 3. The van der Waals surface area contributed by atoms with Crippen molar-refractivity contribution < 1.29 is 0 Å². The van der Waals surface area contributed by atoms with Crippen LogP contribution >= 0.6 is 11.3 Å². The lowest BCUT2D eigenvalue weighted by molar-refractivity contribution is 0.377. The van der Waals surface area contributed by atoms with Crippen LogP contribution in [0.2, 0.25) is 0 Å². The van der Waals surface area contributed by atoms with Gasteiger partial charge in [0.15, 0.2) is 0 Å². The smallest absolute Gasteiger partial charge is 0.223 e. The van der Waals surface area contributed by atoms with Gasteiger partial charge in [-0.3, -0.25) is 0 Å². The van der Waals surface area contributed by atoms with Crippen LogP contribution in [0.15, 0.2) is 24.4 Å². The standard InChI is InChI=1S/C19H26N6S/c1-2-14-12-15(11-13(1)22-14)23-19-21-6-5-16(24-19)17-3-4-18(26-17)25-9-7-20-8-10-25/h3-6,13-15,20,22H,1-2,7-12H2,(H,21,23,24)/t13-,14+,15?. The molecule has 0 aromatic carbocycles. The highest BCUT2D eigenvalue weighted by atomic mass is 32.1. The van der Waals surface area contributed by atoms with E-state index in [1.807, 2.05) is 23.6 Å². The number of nitrogens with zero attached hydrogens (tertiary/aromatic N) is 3. The third-order valence-electron chi connectivity index (χ3n) is 5.73. The first-order valence-corrected chi connectivity index (χ1v) is 10.6. The number of fused-ring (bicyclic) bond motifs is 2. The van der Waals surface area contributed by atoms with Crippen molar-refractivity contribution in [2.45, 2.75) is 43.8 Å². The van der Waals surface area contributed by atoms with Crippen molar-refractivity contribution in [2.24, 2.45) is 0 Å². The van der Waals surface area contributed by atoms with Crippen molar-refractivity contribution in [2.75, 3.05) is 36.4 Å². The van der Waals surface area contributed by atoms with Gasteiger partial charge in [0, 0.05) is 50.5 Å². The van der Waals surface area contributed by atoms with Crippen molar-refractivity contribution in [3.63, 3.8) is 0 Å². The maximum atomic E-state index is 4.80. The maximum absolute atomic E-state index is 4.80. The van der Waals surface area contributed by atoms with Crippen molar-refractivity contribution in [1.82, 2.24) is 20.6 Å². The highest BCUT2D eigenvalue weighted by molar-refractivity contribution is 7.19. The lowest BCUT2D eigenvalue weighted by Gasteiger charge is -2.29. The van der Waals surface area contributed by atoms with Gasteiger partial charge in [-0.25, -0.2) is 9.97 Å². The fraction of sp³-hybridized carbons (Fsp3) is 0.579. The van der Waals surface area contributed by atoms with Crippen molar-refractivity contribution >= 4 is 22.3 Å². The summed E-state index contributed by atoms with van der Waals surface area (Å²) in [6.07, 6.45) is 6.86. The predicted molar refractivity (Wildman–Crippen MR) is 107 cm³/mol. The first kappa shape index (κ1) is 16.5. The van der Waals surface area contributed by atoms with Crippen molar-refractivity contribution in [1.29, 1.82) is 0 Å². The Labute approximate surface area is 158 Å². The second-order valence-corrected chi connectivity index (χ2v) is 8.65. The summed E-state index contributed by atoms with van der Waals surface area (Å²) in [6, 6.07) is 8.28. The summed E-state index contributed by atoms with van der Waals surface area (Å²) in [6.45, 7) is 4.28. The largest absolute Gasteiger partial charge is 0.361 e. The summed E-state index contributed by atoms with van der Waals surface area (Å²) in [7, 11) is 0. The minimum absolute atomic E-state index is 0.490. The number of aromatic nitrogens is 2. The number of hydrogen-bond acceptors (Lipinski definition) is 7. The van der Waals surface area contributed by atoms with Crippen molar-refractivity contribution in [3.8, 4) is 10.6 Å². The van der Waals surface area contributed by atoms with Crippen LogP contribution in [0.3, 0.4) is 0 Å². The summed E-state index contributed by atoms with van der Waals surface area (Å²) in [5.41, 5.74) is 1.02. The lowest BCUT2D eigenvalue weighted by Crippen LogP contribution is -2.43. The molecule has 2 aromatic rings. The zero-order valence-corrected chi connectivity index (χ0v) is 15.8. The molecule has 3 N–H and O–H groups in total. The van der Waals surface area contributed by atoms with Gasteiger partial charge in [0.2, 0.25) is 5.95 Å². The molecule has 2 bridgehead atoms. The SMILES string of the molecule is c1cc(-c2ccc(N3CCNCC3)s2)nc(NC2C[C@H]3CC[C@@H](C2)N3)n1. The van der Waals surface area contributed by atoms with Gasteiger partial charge in [-0.05, 0) is 43.9 Å². The van der Waals surface area contributed by atoms with E-state index in [0.29, 0.717) is 18.1 Å². The Balaban J connectivity index is 1.29. The quantitative estimate of drug-likeness (QED) is 0.768. The third-order valence-corrected chi connectivity index (χ3v) is 6.90. The Morgan fingerprint density at radius 1 is 1.08 bits per heavy atom. The van der Waals surface area contributed by atoms with Crippen LogP contribution in [0.1, 0.15) is 25.7 Å². The maximum Gasteiger partial charge on any atom is 0.223 e.